The van der Waals surface area contributed by atoms with Crippen molar-refractivity contribution in [1.82, 2.24) is 0 Å². The lowest BCUT2D eigenvalue weighted by Crippen LogP contribution is -2.06. The number of halogens is 1. The smallest absolute Gasteiger partial charge is 0.306 e. The molecule has 0 bridgehead atoms. The Morgan fingerprint density at radius 3 is 2.42 bits per heavy atom. The SMILES string of the molecule is O=C(CCc1ccccc1I)OCc1ccccc1. The van der Waals surface area contributed by atoms with E-state index in [9.17, 15) is 4.79 Å². The molecule has 0 fully saturated rings. The maximum atomic E-state index is 11.7. The Hall–Kier alpha value is -1.36. The van der Waals surface area contributed by atoms with Gasteiger partial charge in [-0.3, -0.25) is 4.79 Å². The molecule has 0 aromatic heterocycles. The third kappa shape index (κ3) is 4.67. The average Bonchev–Trinajstić information content (AvgIpc) is 2.45. The lowest BCUT2D eigenvalue weighted by atomic mass is 10.1. The first kappa shape index (κ1) is 14.1. The van der Waals surface area contributed by atoms with Crippen LogP contribution in [0.25, 0.3) is 0 Å². The Morgan fingerprint density at radius 2 is 1.68 bits per heavy atom. The molecule has 0 saturated carbocycles. The van der Waals surface area contributed by atoms with Crippen LogP contribution in [0.5, 0.6) is 0 Å². The van der Waals surface area contributed by atoms with Crippen LogP contribution < -0.4 is 0 Å². The minimum absolute atomic E-state index is 0.150. The number of rotatable bonds is 5. The van der Waals surface area contributed by atoms with Crippen LogP contribution in [0, 0.1) is 3.57 Å². The van der Waals surface area contributed by atoms with Crippen molar-refractivity contribution < 1.29 is 9.53 Å². The second kappa shape index (κ2) is 7.28. The molecule has 2 rings (SSSR count). The Bertz CT molecular complexity index is 537. The fourth-order valence-electron chi connectivity index (χ4n) is 1.75. The van der Waals surface area contributed by atoms with Crippen LogP contribution in [0.4, 0.5) is 0 Å². The van der Waals surface area contributed by atoms with Crippen molar-refractivity contribution in [3.8, 4) is 0 Å². The van der Waals surface area contributed by atoms with E-state index >= 15 is 0 Å². The second-order valence-corrected chi connectivity index (χ2v) is 5.40. The van der Waals surface area contributed by atoms with Crippen LogP contribution >= 0.6 is 22.6 Å². The van der Waals surface area contributed by atoms with E-state index in [0.717, 1.165) is 12.0 Å². The van der Waals surface area contributed by atoms with Crippen LogP contribution in [0.15, 0.2) is 54.6 Å². The number of carbonyl (C=O) groups is 1. The van der Waals surface area contributed by atoms with Crippen molar-refractivity contribution in [2.24, 2.45) is 0 Å². The Kier molecular flexibility index (Phi) is 5.39. The molecular formula is C16H15IO2. The molecule has 0 amide bonds. The number of ether oxygens (including phenoxy) is 1. The van der Waals surface area contributed by atoms with Gasteiger partial charge in [0.2, 0.25) is 0 Å². The van der Waals surface area contributed by atoms with E-state index in [2.05, 4.69) is 22.6 Å². The molecule has 0 saturated heterocycles. The monoisotopic (exact) mass is 366 g/mol. The van der Waals surface area contributed by atoms with Gasteiger partial charge in [0.05, 0.1) is 0 Å². The van der Waals surface area contributed by atoms with E-state index in [1.54, 1.807) is 0 Å². The normalized spacial score (nSPS) is 10.2. The molecule has 0 heterocycles. The predicted octanol–water partition coefficient (Wildman–Crippen LogP) is 3.97. The number of carbonyl (C=O) groups excluding carboxylic acids is 1. The fraction of sp³-hybridized carbons (Fsp3) is 0.188. The zero-order valence-corrected chi connectivity index (χ0v) is 12.7. The highest BCUT2D eigenvalue weighted by Gasteiger charge is 2.06. The van der Waals surface area contributed by atoms with Crippen molar-refractivity contribution in [2.75, 3.05) is 0 Å². The van der Waals surface area contributed by atoms with Gasteiger partial charge in [-0.2, -0.15) is 0 Å². The molecule has 0 atom stereocenters. The first-order chi connectivity index (χ1) is 9.25. The molecule has 0 unspecified atom stereocenters. The quantitative estimate of drug-likeness (QED) is 0.591. The van der Waals surface area contributed by atoms with Crippen molar-refractivity contribution in [2.45, 2.75) is 19.4 Å². The minimum Gasteiger partial charge on any atom is -0.461 e. The van der Waals surface area contributed by atoms with Crippen LogP contribution in [0.2, 0.25) is 0 Å². The van der Waals surface area contributed by atoms with Gasteiger partial charge in [-0.05, 0) is 46.2 Å². The van der Waals surface area contributed by atoms with Gasteiger partial charge >= 0.3 is 5.97 Å². The summed E-state index contributed by atoms with van der Waals surface area (Å²) in [5.74, 6) is -0.150. The maximum absolute atomic E-state index is 11.7. The van der Waals surface area contributed by atoms with Gasteiger partial charge in [0.15, 0.2) is 0 Å². The van der Waals surface area contributed by atoms with E-state index in [4.69, 9.17) is 4.74 Å². The second-order valence-electron chi connectivity index (χ2n) is 4.24. The summed E-state index contributed by atoms with van der Waals surface area (Å²) in [5, 5.41) is 0. The molecule has 0 radical (unpaired) electrons. The molecule has 2 aromatic carbocycles. The Labute approximate surface area is 126 Å². The first-order valence-corrected chi connectivity index (χ1v) is 7.26. The molecule has 0 aliphatic carbocycles. The highest BCUT2D eigenvalue weighted by molar-refractivity contribution is 14.1. The Balaban J connectivity index is 1.78. The van der Waals surface area contributed by atoms with Crippen molar-refractivity contribution >= 4 is 28.6 Å². The molecule has 2 nitrogen and oxygen atoms in total. The van der Waals surface area contributed by atoms with E-state index in [1.807, 2.05) is 54.6 Å². The number of esters is 1. The molecule has 0 aliphatic heterocycles. The van der Waals surface area contributed by atoms with Crippen molar-refractivity contribution in [3.63, 3.8) is 0 Å². The van der Waals surface area contributed by atoms with Gasteiger partial charge in [0, 0.05) is 9.99 Å². The van der Waals surface area contributed by atoms with Crippen LogP contribution in [-0.2, 0) is 22.6 Å². The minimum atomic E-state index is -0.150. The van der Waals surface area contributed by atoms with E-state index in [0.29, 0.717) is 13.0 Å². The summed E-state index contributed by atoms with van der Waals surface area (Å²) in [4.78, 5) is 11.7. The lowest BCUT2D eigenvalue weighted by molar-refractivity contribution is -0.144. The van der Waals surface area contributed by atoms with Crippen molar-refractivity contribution in [1.29, 1.82) is 0 Å². The standard InChI is InChI=1S/C16H15IO2/c17-15-9-5-4-8-14(15)10-11-16(18)19-12-13-6-2-1-3-7-13/h1-9H,10-12H2. The fourth-order valence-corrected chi connectivity index (χ4v) is 2.41. The molecule has 0 spiro atoms. The average molecular weight is 366 g/mol. The molecule has 2 aromatic rings. The van der Waals surface area contributed by atoms with Gasteiger partial charge in [0.1, 0.15) is 6.61 Å². The number of benzene rings is 2. The van der Waals surface area contributed by atoms with Gasteiger partial charge in [-0.25, -0.2) is 0 Å². The zero-order chi connectivity index (χ0) is 13.5. The largest absolute Gasteiger partial charge is 0.461 e. The molecule has 0 N–H and O–H groups in total. The summed E-state index contributed by atoms with van der Waals surface area (Å²) in [6.07, 6.45) is 1.15. The number of aryl methyl sites for hydroxylation is 1. The lowest BCUT2D eigenvalue weighted by Gasteiger charge is -2.06. The number of hydrogen-bond acceptors (Lipinski definition) is 2. The molecular weight excluding hydrogens is 351 g/mol. The van der Waals surface area contributed by atoms with E-state index in [-0.39, 0.29) is 5.97 Å². The van der Waals surface area contributed by atoms with Gasteiger partial charge in [-0.1, -0.05) is 48.5 Å². The van der Waals surface area contributed by atoms with Crippen LogP contribution in [0.1, 0.15) is 17.5 Å². The van der Waals surface area contributed by atoms with Crippen LogP contribution in [0.3, 0.4) is 0 Å². The van der Waals surface area contributed by atoms with Gasteiger partial charge < -0.3 is 4.74 Å². The molecule has 3 heteroatoms. The topological polar surface area (TPSA) is 26.3 Å². The van der Waals surface area contributed by atoms with E-state index in [1.165, 1.54) is 9.13 Å². The summed E-state index contributed by atoms with van der Waals surface area (Å²) in [6.45, 7) is 0.353. The van der Waals surface area contributed by atoms with Crippen LogP contribution in [-0.4, -0.2) is 5.97 Å². The van der Waals surface area contributed by atoms with Crippen molar-refractivity contribution in [3.05, 3.63) is 69.3 Å². The third-order valence-electron chi connectivity index (χ3n) is 2.80. The summed E-state index contributed by atoms with van der Waals surface area (Å²) < 4.78 is 6.44. The molecule has 19 heavy (non-hydrogen) atoms. The van der Waals surface area contributed by atoms with Gasteiger partial charge in [0.25, 0.3) is 0 Å². The highest BCUT2D eigenvalue weighted by atomic mass is 127. The summed E-state index contributed by atoms with van der Waals surface area (Å²) in [7, 11) is 0. The summed E-state index contributed by atoms with van der Waals surface area (Å²) in [5.41, 5.74) is 2.21. The summed E-state index contributed by atoms with van der Waals surface area (Å²) >= 11 is 2.29. The zero-order valence-electron chi connectivity index (χ0n) is 10.5. The molecule has 98 valence electrons. The predicted molar refractivity (Wildman–Crippen MR) is 83.7 cm³/mol. The summed E-state index contributed by atoms with van der Waals surface area (Å²) in [6, 6.07) is 17.8. The Morgan fingerprint density at radius 1 is 1.00 bits per heavy atom. The van der Waals surface area contributed by atoms with Gasteiger partial charge in [-0.15, -0.1) is 0 Å². The maximum Gasteiger partial charge on any atom is 0.306 e. The van der Waals surface area contributed by atoms with E-state index < -0.39 is 0 Å². The molecule has 0 aliphatic rings. The highest BCUT2D eigenvalue weighted by Crippen LogP contribution is 2.13. The number of hydrogen-bond donors (Lipinski definition) is 0. The first-order valence-electron chi connectivity index (χ1n) is 6.18. The third-order valence-corrected chi connectivity index (χ3v) is 3.85.